The number of halogens is 2. The van der Waals surface area contributed by atoms with Gasteiger partial charge in [0.15, 0.2) is 11.6 Å². The SMILES string of the molecule is COc1ccccc1N1CCN(C(=O)[C@H]2CCCN(C(=O)c3ccc(F)c(F)c3)C2)CC1. The number of piperidine rings is 1. The molecule has 8 heteroatoms. The summed E-state index contributed by atoms with van der Waals surface area (Å²) in [4.78, 5) is 31.6. The van der Waals surface area contributed by atoms with Gasteiger partial charge in [-0.25, -0.2) is 8.78 Å². The minimum atomic E-state index is -1.05. The lowest BCUT2D eigenvalue weighted by atomic mass is 9.95. The van der Waals surface area contributed by atoms with Crippen LogP contribution < -0.4 is 9.64 Å². The van der Waals surface area contributed by atoms with E-state index in [1.165, 1.54) is 6.07 Å². The molecule has 2 aliphatic heterocycles. The van der Waals surface area contributed by atoms with Gasteiger partial charge in [0.05, 0.1) is 18.7 Å². The number of piperazine rings is 1. The molecule has 2 aliphatic rings. The largest absolute Gasteiger partial charge is 0.495 e. The average Bonchev–Trinajstić information content (AvgIpc) is 2.85. The van der Waals surface area contributed by atoms with E-state index >= 15 is 0 Å². The zero-order valence-electron chi connectivity index (χ0n) is 18.1. The first-order valence-electron chi connectivity index (χ1n) is 10.9. The van der Waals surface area contributed by atoms with E-state index in [2.05, 4.69) is 4.90 Å². The highest BCUT2D eigenvalue weighted by molar-refractivity contribution is 5.94. The Morgan fingerprint density at radius 1 is 0.938 bits per heavy atom. The summed E-state index contributed by atoms with van der Waals surface area (Å²) in [5, 5.41) is 0. The normalized spacial score (nSPS) is 19.1. The third kappa shape index (κ3) is 4.54. The number of benzene rings is 2. The van der Waals surface area contributed by atoms with Crippen LogP contribution in [-0.4, -0.2) is 68.0 Å². The Hall–Kier alpha value is -3.16. The van der Waals surface area contributed by atoms with Crippen molar-refractivity contribution in [1.82, 2.24) is 9.80 Å². The number of amides is 2. The average molecular weight is 443 g/mol. The molecule has 2 saturated heterocycles. The zero-order valence-corrected chi connectivity index (χ0v) is 18.1. The first-order chi connectivity index (χ1) is 15.5. The van der Waals surface area contributed by atoms with Crippen LogP contribution in [0.2, 0.25) is 0 Å². The van der Waals surface area contributed by atoms with Crippen molar-refractivity contribution < 1.29 is 23.1 Å². The molecule has 0 aliphatic carbocycles. The number of para-hydroxylation sites is 2. The van der Waals surface area contributed by atoms with Crippen molar-refractivity contribution in [3.63, 3.8) is 0 Å². The molecule has 32 heavy (non-hydrogen) atoms. The van der Waals surface area contributed by atoms with Gasteiger partial charge in [0, 0.05) is 44.8 Å². The molecule has 6 nitrogen and oxygen atoms in total. The van der Waals surface area contributed by atoms with Crippen molar-refractivity contribution in [2.45, 2.75) is 12.8 Å². The minimum Gasteiger partial charge on any atom is -0.495 e. The topological polar surface area (TPSA) is 53.1 Å². The third-order valence-corrected chi connectivity index (χ3v) is 6.24. The van der Waals surface area contributed by atoms with Crippen molar-refractivity contribution >= 4 is 17.5 Å². The maximum Gasteiger partial charge on any atom is 0.253 e. The first kappa shape index (κ1) is 22.0. The second-order valence-corrected chi connectivity index (χ2v) is 8.20. The number of carbonyl (C=O) groups excluding carboxylic acids is 2. The number of hydrogen-bond acceptors (Lipinski definition) is 4. The van der Waals surface area contributed by atoms with Gasteiger partial charge in [-0.3, -0.25) is 9.59 Å². The molecule has 0 aromatic heterocycles. The lowest BCUT2D eigenvalue weighted by molar-refractivity contribution is -0.137. The summed E-state index contributed by atoms with van der Waals surface area (Å²) in [7, 11) is 1.65. The number of rotatable bonds is 4. The Morgan fingerprint density at radius 2 is 1.69 bits per heavy atom. The Kier molecular flexibility index (Phi) is 6.58. The van der Waals surface area contributed by atoms with E-state index in [0.717, 1.165) is 23.6 Å². The Labute approximate surface area is 186 Å². The molecule has 2 fully saturated rings. The Bertz CT molecular complexity index is 992. The van der Waals surface area contributed by atoms with Crippen molar-refractivity contribution in [3.8, 4) is 5.75 Å². The summed E-state index contributed by atoms with van der Waals surface area (Å²) >= 11 is 0. The van der Waals surface area contributed by atoms with Crippen LogP contribution in [0.3, 0.4) is 0 Å². The molecule has 1 atom stereocenters. The fourth-order valence-electron chi connectivity index (χ4n) is 4.49. The third-order valence-electron chi connectivity index (χ3n) is 6.24. The highest BCUT2D eigenvalue weighted by Gasteiger charge is 2.33. The van der Waals surface area contributed by atoms with E-state index in [1.807, 2.05) is 29.2 Å². The quantitative estimate of drug-likeness (QED) is 0.729. The molecule has 0 saturated carbocycles. The molecule has 0 radical (unpaired) electrons. The minimum absolute atomic E-state index is 0.0486. The van der Waals surface area contributed by atoms with Crippen LogP contribution in [0.15, 0.2) is 42.5 Å². The molecule has 0 unspecified atom stereocenters. The summed E-state index contributed by atoms with van der Waals surface area (Å²) in [6.45, 7) is 3.41. The van der Waals surface area contributed by atoms with Crippen LogP contribution >= 0.6 is 0 Å². The summed E-state index contributed by atoms with van der Waals surface area (Å²) in [5.74, 6) is -1.83. The van der Waals surface area contributed by atoms with E-state index in [9.17, 15) is 18.4 Å². The van der Waals surface area contributed by atoms with Gasteiger partial charge in [0.25, 0.3) is 5.91 Å². The monoisotopic (exact) mass is 443 g/mol. The van der Waals surface area contributed by atoms with Crippen LogP contribution in [-0.2, 0) is 4.79 Å². The lowest BCUT2D eigenvalue weighted by Crippen LogP contribution is -2.53. The number of anilines is 1. The predicted octanol–water partition coefficient (Wildman–Crippen LogP) is 3.17. The van der Waals surface area contributed by atoms with Gasteiger partial charge in [0.2, 0.25) is 5.91 Å². The van der Waals surface area contributed by atoms with Crippen LogP contribution in [0, 0.1) is 17.6 Å². The summed E-state index contributed by atoms with van der Waals surface area (Å²) in [6, 6.07) is 11.0. The number of carbonyl (C=O) groups is 2. The molecule has 2 heterocycles. The maximum atomic E-state index is 13.5. The van der Waals surface area contributed by atoms with Gasteiger partial charge >= 0.3 is 0 Å². The molecule has 0 N–H and O–H groups in total. The second-order valence-electron chi connectivity index (χ2n) is 8.20. The number of likely N-dealkylation sites (tertiary alicyclic amines) is 1. The van der Waals surface area contributed by atoms with Gasteiger partial charge in [-0.1, -0.05) is 12.1 Å². The summed E-state index contributed by atoms with van der Waals surface area (Å²) < 4.78 is 32.2. The summed E-state index contributed by atoms with van der Waals surface area (Å²) in [6.07, 6.45) is 1.42. The van der Waals surface area contributed by atoms with E-state index in [-0.39, 0.29) is 23.3 Å². The number of methoxy groups -OCH3 is 1. The lowest BCUT2D eigenvalue weighted by Gasteiger charge is -2.40. The summed E-state index contributed by atoms with van der Waals surface area (Å²) in [5.41, 5.74) is 1.12. The van der Waals surface area contributed by atoms with Crippen LogP contribution in [0.1, 0.15) is 23.2 Å². The first-order valence-corrected chi connectivity index (χ1v) is 10.9. The van der Waals surface area contributed by atoms with Crippen molar-refractivity contribution in [3.05, 3.63) is 59.7 Å². The molecule has 4 rings (SSSR count). The second kappa shape index (κ2) is 9.54. The fraction of sp³-hybridized carbons (Fsp3) is 0.417. The van der Waals surface area contributed by atoms with Crippen molar-refractivity contribution in [2.75, 3.05) is 51.3 Å². The molecule has 2 aromatic carbocycles. The number of ether oxygens (including phenoxy) is 1. The Balaban J connectivity index is 1.36. The molecular formula is C24H27F2N3O3. The fourth-order valence-corrected chi connectivity index (χ4v) is 4.49. The van der Waals surface area contributed by atoms with Crippen molar-refractivity contribution in [1.29, 1.82) is 0 Å². The Morgan fingerprint density at radius 3 is 2.41 bits per heavy atom. The highest BCUT2D eigenvalue weighted by atomic mass is 19.2. The smallest absolute Gasteiger partial charge is 0.253 e. The van der Waals surface area contributed by atoms with Crippen molar-refractivity contribution in [2.24, 2.45) is 5.92 Å². The molecule has 2 amide bonds. The predicted molar refractivity (Wildman–Crippen MR) is 117 cm³/mol. The van der Waals surface area contributed by atoms with E-state index in [4.69, 9.17) is 4.74 Å². The molecular weight excluding hydrogens is 416 g/mol. The van der Waals surface area contributed by atoms with Gasteiger partial charge in [-0.2, -0.15) is 0 Å². The van der Waals surface area contributed by atoms with Crippen LogP contribution in [0.25, 0.3) is 0 Å². The van der Waals surface area contributed by atoms with E-state index in [1.54, 1.807) is 12.0 Å². The molecule has 2 aromatic rings. The standard InChI is InChI=1S/C24H27F2N3O3/c1-32-22-7-3-2-6-21(22)27-11-13-28(14-12-27)24(31)18-5-4-10-29(16-18)23(30)17-8-9-19(25)20(26)15-17/h2-3,6-9,15,18H,4-5,10-14,16H2,1H3/t18-/m0/s1. The highest BCUT2D eigenvalue weighted by Crippen LogP contribution is 2.29. The molecule has 0 bridgehead atoms. The zero-order chi connectivity index (χ0) is 22.7. The number of nitrogens with zero attached hydrogens (tertiary/aromatic N) is 3. The van der Waals surface area contributed by atoms with E-state index in [0.29, 0.717) is 52.1 Å². The molecule has 170 valence electrons. The van der Waals surface area contributed by atoms with Crippen LogP contribution in [0.4, 0.5) is 14.5 Å². The maximum absolute atomic E-state index is 13.5. The van der Waals surface area contributed by atoms with Gasteiger partial charge in [-0.05, 0) is 43.2 Å². The van der Waals surface area contributed by atoms with E-state index < -0.39 is 11.6 Å². The van der Waals surface area contributed by atoms with Gasteiger partial charge in [-0.15, -0.1) is 0 Å². The van der Waals surface area contributed by atoms with Crippen LogP contribution in [0.5, 0.6) is 5.75 Å². The number of hydrogen-bond donors (Lipinski definition) is 0. The van der Waals surface area contributed by atoms with Gasteiger partial charge in [0.1, 0.15) is 5.75 Å². The molecule has 0 spiro atoms. The van der Waals surface area contributed by atoms with Gasteiger partial charge < -0.3 is 19.4 Å².